The first-order valence-corrected chi connectivity index (χ1v) is 7.03. The first kappa shape index (κ1) is 14.0. The van der Waals surface area contributed by atoms with Crippen LogP contribution >= 0.6 is 0 Å². The van der Waals surface area contributed by atoms with E-state index in [4.69, 9.17) is 0 Å². The molecule has 0 radical (unpaired) electrons. The van der Waals surface area contributed by atoms with E-state index in [9.17, 15) is 14.4 Å². The number of hydrogen-bond donors (Lipinski definition) is 1. The van der Waals surface area contributed by atoms with Crippen molar-refractivity contribution in [1.82, 2.24) is 10.2 Å². The zero-order valence-corrected chi connectivity index (χ0v) is 11.9. The van der Waals surface area contributed by atoms with E-state index in [-0.39, 0.29) is 11.9 Å². The van der Waals surface area contributed by atoms with E-state index in [1.165, 1.54) is 4.90 Å². The van der Waals surface area contributed by atoms with Gasteiger partial charge in [0.2, 0.25) is 11.8 Å². The van der Waals surface area contributed by atoms with Gasteiger partial charge in [0.1, 0.15) is 5.41 Å². The number of hydrogen-bond acceptors (Lipinski definition) is 3. The molecule has 0 bridgehead atoms. The zero-order chi connectivity index (χ0) is 14.2. The molecule has 1 heterocycles. The molecule has 0 spiro atoms. The van der Waals surface area contributed by atoms with Gasteiger partial charge in [-0.1, -0.05) is 19.8 Å². The number of rotatable bonds is 1. The van der Waals surface area contributed by atoms with Crippen LogP contribution in [0.25, 0.3) is 0 Å². The quantitative estimate of drug-likeness (QED) is 0.583. The molecule has 2 aliphatic rings. The number of urea groups is 1. The van der Waals surface area contributed by atoms with Crippen molar-refractivity contribution in [1.29, 1.82) is 0 Å². The summed E-state index contributed by atoms with van der Waals surface area (Å²) < 4.78 is 0. The van der Waals surface area contributed by atoms with Gasteiger partial charge >= 0.3 is 6.03 Å². The molecule has 1 saturated carbocycles. The minimum atomic E-state index is -1.15. The molecule has 0 aromatic heterocycles. The number of nitrogens with zero attached hydrogens (tertiary/aromatic N) is 1. The third kappa shape index (κ3) is 2.51. The fourth-order valence-corrected chi connectivity index (χ4v) is 2.86. The minimum absolute atomic E-state index is 0.0650. The molecule has 4 amide bonds. The summed E-state index contributed by atoms with van der Waals surface area (Å²) in [4.78, 5) is 37.4. The van der Waals surface area contributed by atoms with Gasteiger partial charge in [0.05, 0.1) is 0 Å². The molecule has 2 atom stereocenters. The Labute approximate surface area is 113 Å². The van der Waals surface area contributed by atoms with Crippen molar-refractivity contribution in [2.75, 3.05) is 0 Å². The van der Waals surface area contributed by atoms with Crippen LogP contribution in [0.2, 0.25) is 0 Å². The predicted molar refractivity (Wildman–Crippen MR) is 70.2 cm³/mol. The molecule has 0 aromatic rings. The van der Waals surface area contributed by atoms with Crippen LogP contribution in [0.3, 0.4) is 0 Å². The summed E-state index contributed by atoms with van der Waals surface area (Å²) in [6, 6.07) is -0.612. The summed E-state index contributed by atoms with van der Waals surface area (Å²) >= 11 is 0. The molecule has 2 fully saturated rings. The smallest absolute Gasteiger partial charge is 0.277 e. The lowest BCUT2D eigenvalue weighted by atomic mass is 9.87. The van der Waals surface area contributed by atoms with Gasteiger partial charge in [-0.2, -0.15) is 0 Å². The number of nitrogens with one attached hydrogen (secondary N) is 1. The Morgan fingerprint density at radius 1 is 1.11 bits per heavy atom. The van der Waals surface area contributed by atoms with Crippen molar-refractivity contribution in [3.05, 3.63) is 0 Å². The van der Waals surface area contributed by atoms with Gasteiger partial charge < -0.3 is 0 Å². The molecule has 0 aromatic carbocycles. The fraction of sp³-hybridized carbons (Fsp3) is 0.786. The van der Waals surface area contributed by atoms with E-state index in [0.717, 1.165) is 32.1 Å². The summed E-state index contributed by atoms with van der Waals surface area (Å²) in [7, 11) is 0. The third-order valence-corrected chi connectivity index (χ3v) is 4.35. The highest BCUT2D eigenvalue weighted by Crippen LogP contribution is 2.31. The van der Waals surface area contributed by atoms with Crippen molar-refractivity contribution < 1.29 is 14.4 Å². The SMILES string of the molecule is CC1CCCC(N2C(=O)NC(=O)C(C)(C)C2=O)CC1. The van der Waals surface area contributed by atoms with Crippen molar-refractivity contribution in [2.24, 2.45) is 11.3 Å². The predicted octanol–water partition coefficient (Wildman–Crippen LogP) is 2.06. The molecular weight excluding hydrogens is 244 g/mol. The Kier molecular flexibility index (Phi) is 3.65. The summed E-state index contributed by atoms with van der Waals surface area (Å²) in [5, 5.41) is 2.31. The van der Waals surface area contributed by atoms with Gasteiger partial charge in [-0.15, -0.1) is 0 Å². The molecule has 1 saturated heterocycles. The second-order valence-electron chi connectivity index (χ2n) is 6.33. The van der Waals surface area contributed by atoms with Gasteiger partial charge in [0, 0.05) is 6.04 Å². The number of barbiturate groups is 1. The van der Waals surface area contributed by atoms with Crippen molar-refractivity contribution in [3.8, 4) is 0 Å². The highest BCUT2D eigenvalue weighted by atomic mass is 16.2. The molecule has 106 valence electrons. The standard InChI is InChI=1S/C14H22N2O3/c1-9-5-4-6-10(8-7-9)16-12(18)14(2,3)11(17)15-13(16)19/h9-10H,4-8H2,1-3H3,(H,15,17,19). The van der Waals surface area contributed by atoms with Crippen LogP contribution in [-0.2, 0) is 9.59 Å². The van der Waals surface area contributed by atoms with Gasteiger partial charge in [-0.25, -0.2) is 4.79 Å². The number of carbonyl (C=O) groups is 3. The third-order valence-electron chi connectivity index (χ3n) is 4.35. The minimum Gasteiger partial charge on any atom is -0.277 e. The fourth-order valence-electron chi connectivity index (χ4n) is 2.86. The van der Waals surface area contributed by atoms with E-state index < -0.39 is 17.4 Å². The maximum atomic E-state index is 12.4. The second-order valence-corrected chi connectivity index (χ2v) is 6.33. The zero-order valence-electron chi connectivity index (χ0n) is 11.9. The average molecular weight is 266 g/mol. The van der Waals surface area contributed by atoms with E-state index >= 15 is 0 Å². The van der Waals surface area contributed by atoms with Crippen LogP contribution in [0.1, 0.15) is 52.9 Å². The van der Waals surface area contributed by atoms with Crippen LogP contribution in [0.4, 0.5) is 4.79 Å². The Hall–Kier alpha value is -1.39. The first-order valence-electron chi connectivity index (χ1n) is 7.03. The largest absolute Gasteiger partial charge is 0.331 e. The van der Waals surface area contributed by atoms with Crippen LogP contribution < -0.4 is 5.32 Å². The van der Waals surface area contributed by atoms with Crippen molar-refractivity contribution in [2.45, 2.75) is 58.9 Å². The van der Waals surface area contributed by atoms with Crippen molar-refractivity contribution in [3.63, 3.8) is 0 Å². The maximum Gasteiger partial charge on any atom is 0.331 e. The summed E-state index contributed by atoms with van der Waals surface area (Å²) in [6.07, 6.45) is 4.87. The van der Waals surface area contributed by atoms with E-state index in [0.29, 0.717) is 5.92 Å². The van der Waals surface area contributed by atoms with Gasteiger partial charge in [0.25, 0.3) is 0 Å². The topological polar surface area (TPSA) is 66.5 Å². The van der Waals surface area contributed by atoms with E-state index in [2.05, 4.69) is 12.2 Å². The number of carbonyl (C=O) groups excluding carboxylic acids is 3. The average Bonchev–Trinajstić information content (AvgIpc) is 2.53. The Bertz CT molecular complexity index is 417. The van der Waals surface area contributed by atoms with Crippen LogP contribution in [0, 0.1) is 11.3 Å². The maximum absolute atomic E-state index is 12.4. The number of imide groups is 2. The summed E-state index contributed by atoms with van der Waals surface area (Å²) in [5.41, 5.74) is -1.15. The molecule has 2 rings (SSSR count). The van der Waals surface area contributed by atoms with Gasteiger partial charge in [-0.3, -0.25) is 19.8 Å². The molecule has 2 unspecified atom stereocenters. The Morgan fingerprint density at radius 2 is 1.79 bits per heavy atom. The molecular formula is C14H22N2O3. The highest BCUT2D eigenvalue weighted by molar-refractivity contribution is 6.18. The molecule has 1 aliphatic heterocycles. The van der Waals surface area contributed by atoms with Crippen molar-refractivity contribution >= 4 is 17.8 Å². The normalized spacial score (nSPS) is 31.9. The molecule has 1 N–H and O–H groups in total. The second kappa shape index (κ2) is 4.94. The molecule has 19 heavy (non-hydrogen) atoms. The summed E-state index contributed by atoms with van der Waals surface area (Å²) in [5.74, 6) is -0.218. The van der Waals surface area contributed by atoms with E-state index in [1.54, 1.807) is 13.8 Å². The molecule has 1 aliphatic carbocycles. The van der Waals surface area contributed by atoms with Crippen LogP contribution in [0.15, 0.2) is 0 Å². The molecule has 5 heteroatoms. The van der Waals surface area contributed by atoms with Crippen LogP contribution in [0.5, 0.6) is 0 Å². The van der Waals surface area contributed by atoms with Gasteiger partial charge in [0.15, 0.2) is 0 Å². The lowest BCUT2D eigenvalue weighted by molar-refractivity contribution is -0.150. The highest BCUT2D eigenvalue weighted by Gasteiger charge is 2.49. The molecule has 5 nitrogen and oxygen atoms in total. The monoisotopic (exact) mass is 266 g/mol. The van der Waals surface area contributed by atoms with Gasteiger partial charge in [-0.05, 0) is 39.0 Å². The number of amides is 4. The summed E-state index contributed by atoms with van der Waals surface area (Å²) in [6.45, 7) is 5.35. The van der Waals surface area contributed by atoms with E-state index in [1.807, 2.05) is 0 Å². The Balaban J connectivity index is 2.20. The lowest BCUT2D eigenvalue weighted by Crippen LogP contribution is -2.64. The Morgan fingerprint density at radius 3 is 2.47 bits per heavy atom. The first-order chi connectivity index (χ1) is 8.84. The lowest BCUT2D eigenvalue weighted by Gasteiger charge is -2.38. The van der Waals surface area contributed by atoms with Crippen LogP contribution in [-0.4, -0.2) is 28.8 Å².